The highest BCUT2D eigenvalue weighted by Gasteiger charge is 2.04. The molecule has 1 N–H and O–H groups in total. The summed E-state index contributed by atoms with van der Waals surface area (Å²) in [6.45, 7) is 5.56. The van der Waals surface area contributed by atoms with Crippen molar-refractivity contribution in [3.63, 3.8) is 0 Å². The van der Waals surface area contributed by atoms with Crippen LogP contribution in [-0.2, 0) is 6.61 Å². The van der Waals surface area contributed by atoms with Crippen LogP contribution in [0.4, 0.5) is 5.13 Å². The number of ether oxygens (including phenoxy) is 1. The van der Waals surface area contributed by atoms with Gasteiger partial charge in [-0.2, -0.15) is 0 Å². The van der Waals surface area contributed by atoms with Crippen LogP contribution in [0.2, 0.25) is 0 Å². The molecule has 0 bridgehead atoms. The van der Waals surface area contributed by atoms with Crippen LogP contribution in [0.25, 0.3) is 0 Å². The Kier molecular flexibility index (Phi) is 4.52. The van der Waals surface area contributed by atoms with Gasteiger partial charge >= 0.3 is 0 Å². The molecule has 1 heterocycles. The van der Waals surface area contributed by atoms with Gasteiger partial charge in [0.2, 0.25) is 5.13 Å². The third-order valence-corrected chi connectivity index (χ3v) is 3.20. The smallest absolute Gasteiger partial charge is 0.205 e. The minimum atomic E-state index is 0.467. The Labute approximate surface area is 111 Å². The predicted molar refractivity (Wildman–Crippen MR) is 74.2 cm³/mol. The van der Waals surface area contributed by atoms with Gasteiger partial charge in [-0.3, -0.25) is 0 Å². The predicted octanol–water partition coefficient (Wildman–Crippen LogP) is 3.25. The van der Waals surface area contributed by atoms with E-state index in [1.54, 1.807) is 0 Å². The van der Waals surface area contributed by atoms with Crippen LogP contribution >= 0.6 is 11.3 Å². The molecule has 0 aliphatic heterocycles. The summed E-state index contributed by atoms with van der Waals surface area (Å²) in [4.78, 5) is 0. The summed E-state index contributed by atoms with van der Waals surface area (Å²) in [5.41, 5.74) is 1.19. The average molecular weight is 263 g/mol. The largest absolute Gasteiger partial charge is 0.486 e. The van der Waals surface area contributed by atoms with E-state index in [1.165, 1.54) is 16.9 Å². The number of aryl methyl sites for hydroxylation is 1. The Hall–Kier alpha value is -1.62. The Bertz CT molecular complexity index is 498. The topological polar surface area (TPSA) is 47.0 Å². The number of nitrogens with one attached hydrogen (secondary N) is 1. The molecule has 96 valence electrons. The Balaban J connectivity index is 1.88. The van der Waals surface area contributed by atoms with Crippen LogP contribution in [-0.4, -0.2) is 16.7 Å². The molecule has 4 nitrogen and oxygen atoms in total. The molecule has 0 unspecified atom stereocenters. The van der Waals surface area contributed by atoms with E-state index in [4.69, 9.17) is 4.74 Å². The summed E-state index contributed by atoms with van der Waals surface area (Å²) in [5.74, 6) is 0.869. The second kappa shape index (κ2) is 6.35. The van der Waals surface area contributed by atoms with Crippen molar-refractivity contribution in [2.24, 2.45) is 0 Å². The van der Waals surface area contributed by atoms with E-state index in [9.17, 15) is 0 Å². The maximum atomic E-state index is 5.67. The third-order valence-electron chi connectivity index (χ3n) is 2.34. The number of nitrogens with zero attached hydrogens (tertiary/aromatic N) is 2. The number of benzene rings is 1. The van der Waals surface area contributed by atoms with Crippen molar-refractivity contribution in [3.05, 3.63) is 34.8 Å². The molecule has 0 aliphatic rings. The van der Waals surface area contributed by atoms with Gasteiger partial charge < -0.3 is 10.1 Å². The minimum absolute atomic E-state index is 0.467. The molecule has 0 spiro atoms. The van der Waals surface area contributed by atoms with Gasteiger partial charge in [-0.25, -0.2) is 0 Å². The summed E-state index contributed by atoms with van der Waals surface area (Å²) in [6, 6.07) is 7.99. The fourth-order valence-electron chi connectivity index (χ4n) is 1.47. The Morgan fingerprint density at radius 2 is 2.22 bits per heavy atom. The molecular formula is C13H17N3OS. The maximum absolute atomic E-state index is 5.67. The Morgan fingerprint density at radius 1 is 1.33 bits per heavy atom. The second-order valence-corrected chi connectivity index (χ2v) is 5.09. The lowest BCUT2D eigenvalue weighted by atomic mass is 10.2. The highest BCUT2D eigenvalue weighted by molar-refractivity contribution is 7.15. The molecule has 2 rings (SSSR count). The lowest BCUT2D eigenvalue weighted by molar-refractivity contribution is 0.304. The first-order valence-corrected chi connectivity index (χ1v) is 6.85. The van der Waals surface area contributed by atoms with Gasteiger partial charge in [0.15, 0.2) is 5.01 Å². The lowest BCUT2D eigenvalue weighted by Gasteiger charge is -2.03. The van der Waals surface area contributed by atoms with Gasteiger partial charge in [-0.15, -0.1) is 10.2 Å². The summed E-state index contributed by atoms with van der Waals surface area (Å²) >= 11 is 1.54. The van der Waals surface area contributed by atoms with Crippen LogP contribution < -0.4 is 10.1 Å². The van der Waals surface area contributed by atoms with Crippen molar-refractivity contribution in [2.45, 2.75) is 26.9 Å². The van der Waals surface area contributed by atoms with Crippen molar-refractivity contribution >= 4 is 16.5 Å². The van der Waals surface area contributed by atoms with Crippen LogP contribution in [0.15, 0.2) is 24.3 Å². The van der Waals surface area contributed by atoms with Gasteiger partial charge in [-0.1, -0.05) is 30.4 Å². The first-order chi connectivity index (χ1) is 8.78. The number of hydrogen-bond donors (Lipinski definition) is 1. The zero-order chi connectivity index (χ0) is 12.8. The molecular weight excluding hydrogens is 246 g/mol. The van der Waals surface area contributed by atoms with Gasteiger partial charge in [0.05, 0.1) is 0 Å². The molecule has 18 heavy (non-hydrogen) atoms. The first kappa shape index (κ1) is 12.8. The summed E-state index contributed by atoms with van der Waals surface area (Å²) in [5, 5.41) is 13.1. The molecule has 0 radical (unpaired) electrons. The maximum Gasteiger partial charge on any atom is 0.205 e. The van der Waals surface area contributed by atoms with Gasteiger partial charge in [-0.05, 0) is 31.0 Å². The van der Waals surface area contributed by atoms with Crippen molar-refractivity contribution in [1.82, 2.24) is 10.2 Å². The number of hydrogen-bond acceptors (Lipinski definition) is 5. The SMILES string of the molecule is CCCNc1nnc(COc2cccc(C)c2)s1. The molecule has 0 amide bonds. The molecule has 0 atom stereocenters. The molecule has 0 fully saturated rings. The lowest BCUT2D eigenvalue weighted by Crippen LogP contribution is -1.98. The quantitative estimate of drug-likeness (QED) is 0.869. The second-order valence-electron chi connectivity index (χ2n) is 4.03. The van der Waals surface area contributed by atoms with E-state index in [0.717, 1.165) is 28.9 Å². The zero-order valence-electron chi connectivity index (χ0n) is 10.6. The standard InChI is InChI=1S/C13H17N3OS/c1-3-7-14-13-16-15-12(18-13)9-17-11-6-4-5-10(2)8-11/h4-6,8H,3,7,9H2,1-2H3,(H,14,16). The third kappa shape index (κ3) is 3.70. The van der Waals surface area contributed by atoms with E-state index < -0.39 is 0 Å². The van der Waals surface area contributed by atoms with Gasteiger partial charge in [0, 0.05) is 6.54 Å². The first-order valence-electron chi connectivity index (χ1n) is 6.03. The van der Waals surface area contributed by atoms with E-state index in [1.807, 2.05) is 31.2 Å². The van der Waals surface area contributed by atoms with E-state index >= 15 is 0 Å². The molecule has 1 aromatic heterocycles. The number of rotatable bonds is 6. The average Bonchev–Trinajstić information content (AvgIpc) is 2.82. The summed E-state index contributed by atoms with van der Waals surface area (Å²) in [6.07, 6.45) is 1.08. The van der Waals surface area contributed by atoms with Crippen molar-refractivity contribution < 1.29 is 4.74 Å². The summed E-state index contributed by atoms with van der Waals surface area (Å²) < 4.78 is 5.67. The molecule has 5 heteroatoms. The molecule has 1 aromatic carbocycles. The Morgan fingerprint density at radius 3 is 3.00 bits per heavy atom. The number of anilines is 1. The van der Waals surface area contributed by atoms with Crippen LogP contribution in [0, 0.1) is 6.92 Å². The van der Waals surface area contributed by atoms with E-state index in [2.05, 4.69) is 22.4 Å². The van der Waals surface area contributed by atoms with Gasteiger partial charge in [0.25, 0.3) is 0 Å². The normalized spacial score (nSPS) is 10.3. The van der Waals surface area contributed by atoms with Crippen molar-refractivity contribution in [2.75, 3.05) is 11.9 Å². The highest BCUT2D eigenvalue weighted by Crippen LogP contribution is 2.18. The van der Waals surface area contributed by atoms with Crippen LogP contribution in [0.1, 0.15) is 23.9 Å². The van der Waals surface area contributed by atoms with Crippen LogP contribution in [0.3, 0.4) is 0 Å². The van der Waals surface area contributed by atoms with Crippen molar-refractivity contribution in [1.29, 1.82) is 0 Å². The highest BCUT2D eigenvalue weighted by atomic mass is 32.1. The van der Waals surface area contributed by atoms with E-state index in [0.29, 0.717) is 6.61 Å². The molecule has 0 saturated heterocycles. The fourth-order valence-corrected chi connectivity index (χ4v) is 2.14. The van der Waals surface area contributed by atoms with Gasteiger partial charge in [0.1, 0.15) is 12.4 Å². The van der Waals surface area contributed by atoms with Crippen LogP contribution in [0.5, 0.6) is 5.75 Å². The van der Waals surface area contributed by atoms with Crippen molar-refractivity contribution in [3.8, 4) is 5.75 Å². The number of aromatic nitrogens is 2. The minimum Gasteiger partial charge on any atom is -0.486 e. The molecule has 0 saturated carbocycles. The zero-order valence-corrected chi connectivity index (χ0v) is 11.5. The summed E-state index contributed by atoms with van der Waals surface area (Å²) in [7, 11) is 0. The van der Waals surface area contributed by atoms with E-state index in [-0.39, 0.29) is 0 Å². The fraction of sp³-hybridized carbons (Fsp3) is 0.385. The molecule has 2 aromatic rings. The molecule has 0 aliphatic carbocycles. The monoisotopic (exact) mass is 263 g/mol.